The zero-order valence-corrected chi connectivity index (χ0v) is 16.8. The van der Waals surface area contributed by atoms with Gasteiger partial charge in [-0.1, -0.05) is 35.5 Å². The van der Waals surface area contributed by atoms with Crippen LogP contribution >= 0.6 is 23.1 Å². The predicted molar refractivity (Wildman–Crippen MR) is 108 cm³/mol. The second-order valence-electron chi connectivity index (χ2n) is 5.95. The van der Waals surface area contributed by atoms with E-state index in [2.05, 4.69) is 20.8 Å². The summed E-state index contributed by atoms with van der Waals surface area (Å²) in [6.45, 7) is 3.88. The summed E-state index contributed by atoms with van der Waals surface area (Å²) in [6.07, 6.45) is 0. The van der Waals surface area contributed by atoms with Crippen LogP contribution in [0.3, 0.4) is 0 Å². The van der Waals surface area contributed by atoms with E-state index in [0.717, 1.165) is 21.8 Å². The fraction of sp³-hybridized carbons (Fsp3) is 0.222. The van der Waals surface area contributed by atoms with Gasteiger partial charge in [0, 0.05) is 12.7 Å². The molecule has 3 amide bonds. The van der Waals surface area contributed by atoms with Crippen LogP contribution in [-0.2, 0) is 11.8 Å². The third-order valence-electron chi connectivity index (χ3n) is 3.79. The normalized spacial score (nSPS) is 10.6. The van der Waals surface area contributed by atoms with Crippen molar-refractivity contribution in [2.75, 3.05) is 11.1 Å². The van der Waals surface area contributed by atoms with E-state index >= 15 is 0 Å². The summed E-state index contributed by atoms with van der Waals surface area (Å²) in [6, 6.07) is 9.04. The number of amides is 3. The van der Waals surface area contributed by atoms with Crippen molar-refractivity contribution in [2.45, 2.75) is 19.0 Å². The number of nitrogens with one attached hydrogen (secondary N) is 2. The Bertz CT molecular complexity index is 966. The molecule has 0 unspecified atom stereocenters. The Kier molecular flexibility index (Phi) is 5.92. The number of rotatable bonds is 5. The van der Waals surface area contributed by atoms with E-state index in [1.165, 1.54) is 11.8 Å². The van der Waals surface area contributed by atoms with E-state index in [9.17, 15) is 9.59 Å². The number of imide groups is 1. The minimum atomic E-state index is -0.551. The number of hydrogen-bond acceptors (Lipinski definition) is 6. The van der Waals surface area contributed by atoms with Crippen LogP contribution < -0.4 is 10.6 Å². The first kappa shape index (κ1) is 19.1. The number of anilines is 1. The van der Waals surface area contributed by atoms with Crippen LogP contribution in [0, 0.1) is 13.8 Å². The highest BCUT2D eigenvalue weighted by atomic mass is 32.2. The molecule has 0 bridgehead atoms. The van der Waals surface area contributed by atoms with Crippen LogP contribution in [0.5, 0.6) is 0 Å². The number of thioether (sulfide) groups is 1. The molecule has 9 heteroatoms. The maximum atomic E-state index is 12.1. The first-order valence-corrected chi connectivity index (χ1v) is 10.0. The Hall–Kier alpha value is -2.65. The fourth-order valence-corrected chi connectivity index (χ4v) is 3.92. The van der Waals surface area contributed by atoms with Crippen LogP contribution in [0.2, 0.25) is 0 Å². The van der Waals surface area contributed by atoms with Crippen molar-refractivity contribution >= 4 is 40.7 Å². The molecule has 0 spiro atoms. The number of nitrogens with zero attached hydrogens (tertiary/aromatic N) is 3. The first-order chi connectivity index (χ1) is 12.9. The Labute approximate surface area is 165 Å². The lowest BCUT2D eigenvalue weighted by atomic mass is 10.1. The SMILES string of the molecule is Cc1ccc(NC(=O)NC(=O)CSc2nnc(-c3cccs3)n2C)c(C)c1. The van der Waals surface area contributed by atoms with Gasteiger partial charge in [-0.05, 0) is 36.9 Å². The molecule has 0 aliphatic carbocycles. The lowest BCUT2D eigenvalue weighted by Crippen LogP contribution is -2.35. The van der Waals surface area contributed by atoms with Gasteiger partial charge < -0.3 is 9.88 Å². The van der Waals surface area contributed by atoms with Crippen LogP contribution in [0.1, 0.15) is 11.1 Å². The molecule has 0 fully saturated rings. The highest BCUT2D eigenvalue weighted by Gasteiger charge is 2.15. The summed E-state index contributed by atoms with van der Waals surface area (Å²) in [5.74, 6) is 0.417. The van der Waals surface area contributed by atoms with Crippen molar-refractivity contribution in [3.8, 4) is 10.7 Å². The van der Waals surface area contributed by atoms with Crippen molar-refractivity contribution in [2.24, 2.45) is 7.05 Å². The van der Waals surface area contributed by atoms with Gasteiger partial charge in [0.05, 0.1) is 10.6 Å². The molecule has 140 valence electrons. The number of urea groups is 1. The molecular formula is C18H19N5O2S2. The summed E-state index contributed by atoms with van der Waals surface area (Å²) >= 11 is 2.80. The Balaban J connectivity index is 1.53. The smallest absolute Gasteiger partial charge is 0.307 e. The summed E-state index contributed by atoms with van der Waals surface area (Å²) < 4.78 is 1.83. The molecule has 0 radical (unpaired) electrons. The number of aryl methyl sites for hydroxylation is 2. The molecule has 1 aromatic carbocycles. The average Bonchev–Trinajstić information content (AvgIpc) is 3.25. The van der Waals surface area contributed by atoms with Crippen molar-refractivity contribution in [1.82, 2.24) is 20.1 Å². The molecule has 0 saturated carbocycles. The van der Waals surface area contributed by atoms with E-state index in [1.54, 1.807) is 11.3 Å². The standard InChI is InChI=1S/C18H19N5O2S2/c1-11-6-7-13(12(2)9-11)19-17(25)20-15(24)10-27-18-22-21-16(23(18)3)14-5-4-8-26-14/h4-9H,10H2,1-3H3,(H2,19,20,24,25). The van der Waals surface area contributed by atoms with Crippen LogP contribution in [-0.4, -0.2) is 32.5 Å². The molecule has 2 heterocycles. The van der Waals surface area contributed by atoms with Crippen LogP contribution in [0.15, 0.2) is 40.9 Å². The highest BCUT2D eigenvalue weighted by molar-refractivity contribution is 7.99. The molecule has 0 atom stereocenters. The maximum Gasteiger partial charge on any atom is 0.325 e. The van der Waals surface area contributed by atoms with Crippen LogP contribution in [0.25, 0.3) is 10.7 Å². The van der Waals surface area contributed by atoms with Crippen molar-refractivity contribution < 1.29 is 9.59 Å². The zero-order valence-electron chi connectivity index (χ0n) is 15.1. The summed E-state index contributed by atoms with van der Waals surface area (Å²) in [5, 5.41) is 15.9. The van der Waals surface area contributed by atoms with Crippen LogP contribution in [0.4, 0.5) is 10.5 Å². The van der Waals surface area contributed by atoms with Gasteiger partial charge >= 0.3 is 6.03 Å². The second kappa shape index (κ2) is 8.36. The monoisotopic (exact) mass is 401 g/mol. The number of hydrogen-bond donors (Lipinski definition) is 2. The highest BCUT2D eigenvalue weighted by Crippen LogP contribution is 2.25. The molecule has 2 N–H and O–H groups in total. The lowest BCUT2D eigenvalue weighted by molar-refractivity contribution is -0.117. The lowest BCUT2D eigenvalue weighted by Gasteiger charge is -2.09. The molecule has 2 aromatic heterocycles. The number of carbonyl (C=O) groups excluding carboxylic acids is 2. The van der Waals surface area contributed by atoms with Gasteiger partial charge in [0.2, 0.25) is 5.91 Å². The number of aromatic nitrogens is 3. The second-order valence-corrected chi connectivity index (χ2v) is 7.84. The van der Waals surface area contributed by atoms with E-state index in [-0.39, 0.29) is 5.75 Å². The number of thiophene rings is 1. The summed E-state index contributed by atoms with van der Waals surface area (Å²) in [7, 11) is 1.85. The molecule has 0 saturated heterocycles. The molecule has 0 aliphatic rings. The van der Waals surface area contributed by atoms with Gasteiger partial charge in [-0.15, -0.1) is 21.5 Å². The van der Waals surface area contributed by atoms with E-state index in [0.29, 0.717) is 10.8 Å². The molecule has 7 nitrogen and oxygen atoms in total. The summed E-state index contributed by atoms with van der Waals surface area (Å²) in [4.78, 5) is 25.1. The Morgan fingerprint density at radius 3 is 2.74 bits per heavy atom. The van der Waals surface area contributed by atoms with E-state index in [1.807, 2.05) is 61.2 Å². The van der Waals surface area contributed by atoms with Gasteiger partial charge in [0.1, 0.15) is 0 Å². The molecule has 0 aliphatic heterocycles. The van der Waals surface area contributed by atoms with Gasteiger partial charge in [0.15, 0.2) is 11.0 Å². The largest absolute Gasteiger partial charge is 0.325 e. The molecule has 27 heavy (non-hydrogen) atoms. The minimum Gasteiger partial charge on any atom is -0.307 e. The zero-order chi connectivity index (χ0) is 19.4. The molecule has 3 rings (SSSR count). The fourth-order valence-electron chi connectivity index (χ4n) is 2.46. The topological polar surface area (TPSA) is 88.9 Å². The van der Waals surface area contributed by atoms with Gasteiger partial charge in [-0.25, -0.2) is 4.79 Å². The third kappa shape index (κ3) is 4.75. The van der Waals surface area contributed by atoms with Crippen molar-refractivity contribution in [1.29, 1.82) is 0 Å². The quantitative estimate of drug-likeness (QED) is 0.638. The first-order valence-electron chi connectivity index (χ1n) is 8.18. The van der Waals surface area contributed by atoms with Crippen molar-refractivity contribution in [3.05, 3.63) is 46.8 Å². The van der Waals surface area contributed by atoms with Gasteiger partial charge in [-0.3, -0.25) is 10.1 Å². The van der Waals surface area contributed by atoms with Gasteiger partial charge in [-0.2, -0.15) is 0 Å². The summed E-state index contributed by atoms with van der Waals surface area (Å²) in [5.41, 5.74) is 2.72. The third-order valence-corrected chi connectivity index (χ3v) is 5.68. The molecule has 3 aromatic rings. The average molecular weight is 402 g/mol. The van der Waals surface area contributed by atoms with Gasteiger partial charge in [0.25, 0.3) is 0 Å². The molecular weight excluding hydrogens is 382 g/mol. The number of benzene rings is 1. The van der Waals surface area contributed by atoms with E-state index < -0.39 is 11.9 Å². The Morgan fingerprint density at radius 2 is 2.04 bits per heavy atom. The van der Waals surface area contributed by atoms with E-state index in [4.69, 9.17) is 0 Å². The Morgan fingerprint density at radius 1 is 1.22 bits per heavy atom. The predicted octanol–water partition coefficient (Wildman–Crippen LogP) is 3.60. The number of carbonyl (C=O) groups is 2. The minimum absolute atomic E-state index is 0.0662. The van der Waals surface area contributed by atoms with Crippen molar-refractivity contribution in [3.63, 3.8) is 0 Å². The maximum absolute atomic E-state index is 12.1.